The van der Waals surface area contributed by atoms with Gasteiger partial charge in [0.25, 0.3) is 5.91 Å². The second kappa shape index (κ2) is 10.6. The molecule has 2 atom stereocenters. The number of likely N-dealkylation sites (tertiary alicyclic amines) is 1. The number of rotatable bonds is 5. The van der Waals surface area contributed by atoms with Gasteiger partial charge in [-0.15, -0.1) is 0 Å². The van der Waals surface area contributed by atoms with Crippen LogP contribution >= 0.6 is 0 Å². The van der Waals surface area contributed by atoms with Crippen molar-refractivity contribution in [3.8, 4) is 11.3 Å². The number of anilines is 1. The highest BCUT2D eigenvalue weighted by Crippen LogP contribution is 2.34. The van der Waals surface area contributed by atoms with Crippen molar-refractivity contribution < 1.29 is 22.4 Å². The Morgan fingerprint density at radius 1 is 1.08 bits per heavy atom. The van der Waals surface area contributed by atoms with Gasteiger partial charge in [-0.05, 0) is 57.2 Å². The fraction of sp³-hybridized carbons (Fsp3) is 0.464. The van der Waals surface area contributed by atoms with Crippen LogP contribution in [-0.2, 0) is 0 Å². The van der Waals surface area contributed by atoms with Crippen molar-refractivity contribution in [2.24, 2.45) is 0 Å². The highest BCUT2D eigenvalue weighted by Gasteiger charge is 2.47. The second-order valence-corrected chi connectivity index (χ2v) is 10.6. The summed E-state index contributed by atoms with van der Waals surface area (Å²) in [6.45, 7) is 5.10. The van der Waals surface area contributed by atoms with E-state index in [1.165, 1.54) is 12.1 Å². The fourth-order valence-corrected chi connectivity index (χ4v) is 5.35. The van der Waals surface area contributed by atoms with Crippen LogP contribution in [0, 0.1) is 0 Å². The zero-order valence-corrected chi connectivity index (χ0v) is 22.0. The summed E-state index contributed by atoms with van der Waals surface area (Å²) in [5.74, 6) is -0.325. The molecule has 208 valence electrons. The molecule has 0 bridgehead atoms. The molecule has 0 saturated carbocycles. The molecule has 1 aromatic heterocycles. The number of nitrogens with one attached hydrogen (secondary N) is 1. The highest BCUT2D eigenvalue weighted by molar-refractivity contribution is 5.95. The lowest BCUT2D eigenvalue weighted by Crippen LogP contribution is -2.44. The Balaban J connectivity index is 1.30. The third-order valence-corrected chi connectivity index (χ3v) is 7.42. The maximum atomic E-state index is 15.2. The molecule has 1 N–H and O–H groups in total. The van der Waals surface area contributed by atoms with Crippen molar-refractivity contribution in [1.29, 1.82) is 0 Å². The molecule has 39 heavy (non-hydrogen) atoms. The fourth-order valence-electron chi connectivity index (χ4n) is 5.35. The molecule has 0 radical (unpaired) electrons. The number of amides is 1. The first-order valence-electron chi connectivity index (χ1n) is 13.1. The van der Waals surface area contributed by atoms with E-state index >= 15 is 4.39 Å². The van der Waals surface area contributed by atoms with Gasteiger partial charge in [0, 0.05) is 67.9 Å². The number of benzene rings is 1. The normalized spacial score (nSPS) is 24.4. The van der Waals surface area contributed by atoms with Gasteiger partial charge in [0.2, 0.25) is 5.95 Å². The minimum absolute atomic E-state index is 0.0747. The SMILES string of the molecule is CN1CCN(C2=CC(C)(F)CC(Nc3nccc(-c4ccc(C(=O)N5CCC[C@@H]5C(F)(F)F)cc4)n3)=C2)CC1. The highest BCUT2D eigenvalue weighted by atomic mass is 19.4. The molecule has 2 aromatic rings. The van der Waals surface area contributed by atoms with Crippen molar-refractivity contribution in [2.45, 2.75) is 44.1 Å². The number of nitrogens with zero attached hydrogens (tertiary/aromatic N) is 5. The first kappa shape index (κ1) is 27.1. The van der Waals surface area contributed by atoms with E-state index in [1.807, 2.05) is 6.08 Å². The van der Waals surface area contributed by atoms with Crippen LogP contribution in [0.25, 0.3) is 11.3 Å². The molecule has 7 nitrogen and oxygen atoms in total. The number of halogens is 4. The second-order valence-electron chi connectivity index (χ2n) is 10.6. The lowest BCUT2D eigenvalue weighted by Gasteiger charge is -2.37. The van der Waals surface area contributed by atoms with Crippen LogP contribution in [0.15, 0.2) is 60.1 Å². The summed E-state index contributed by atoms with van der Waals surface area (Å²) in [4.78, 5) is 27.0. The van der Waals surface area contributed by atoms with Crippen molar-refractivity contribution in [1.82, 2.24) is 24.7 Å². The molecule has 0 spiro atoms. The number of hydrogen-bond donors (Lipinski definition) is 1. The molecule has 2 aliphatic heterocycles. The summed E-state index contributed by atoms with van der Waals surface area (Å²) in [5, 5.41) is 3.16. The molecule has 1 aromatic carbocycles. The number of allylic oxidation sites excluding steroid dienone is 3. The smallest absolute Gasteiger partial charge is 0.369 e. The van der Waals surface area contributed by atoms with Gasteiger partial charge in [0.15, 0.2) is 0 Å². The third-order valence-electron chi connectivity index (χ3n) is 7.42. The van der Waals surface area contributed by atoms with Crippen molar-refractivity contribution in [3.63, 3.8) is 0 Å². The molecule has 5 rings (SSSR count). The molecule has 11 heteroatoms. The monoisotopic (exact) mass is 544 g/mol. The quantitative estimate of drug-likeness (QED) is 0.542. The van der Waals surface area contributed by atoms with Gasteiger partial charge in [0.1, 0.15) is 11.7 Å². The van der Waals surface area contributed by atoms with Gasteiger partial charge in [-0.2, -0.15) is 13.2 Å². The third kappa shape index (κ3) is 6.24. The Hall–Kier alpha value is -3.47. The van der Waals surface area contributed by atoms with Crippen LogP contribution < -0.4 is 5.32 Å². The van der Waals surface area contributed by atoms with Crippen LogP contribution in [-0.4, -0.2) is 88.2 Å². The Bertz CT molecular complexity index is 1270. The van der Waals surface area contributed by atoms with Crippen LogP contribution in [0.4, 0.5) is 23.5 Å². The number of likely N-dealkylation sites (N-methyl/N-ethyl adjacent to an activating group) is 1. The molecule has 2 fully saturated rings. The topological polar surface area (TPSA) is 64.6 Å². The zero-order chi connectivity index (χ0) is 27.8. The van der Waals surface area contributed by atoms with Crippen molar-refractivity contribution in [3.05, 3.63) is 65.6 Å². The molecule has 3 aliphatic rings. The number of carbonyl (C=O) groups excluding carboxylic acids is 1. The first-order chi connectivity index (χ1) is 18.5. The average molecular weight is 545 g/mol. The van der Waals surface area contributed by atoms with E-state index in [-0.39, 0.29) is 24.9 Å². The molecule has 1 aliphatic carbocycles. The summed E-state index contributed by atoms with van der Waals surface area (Å²) in [6.07, 6.45) is 1.16. The Morgan fingerprint density at radius 3 is 2.49 bits per heavy atom. The Morgan fingerprint density at radius 2 is 1.79 bits per heavy atom. The number of carbonyl (C=O) groups is 1. The summed E-state index contributed by atoms with van der Waals surface area (Å²) in [7, 11) is 2.07. The van der Waals surface area contributed by atoms with Gasteiger partial charge in [0.05, 0.1) is 5.69 Å². The molecule has 2 saturated heterocycles. The predicted molar refractivity (Wildman–Crippen MR) is 141 cm³/mol. The van der Waals surface area contributed by atoms with E-state index in [4.69, 9.17) is 0 Å². The zero-order valence-electron chi connectivity index (χ0n) is 22.0. The first-order valence-corrected chi connectivity index (χ1v) is 13.1. The predicted octanol–water partition coefficient (Wildman–Crippen LogP) is 4.87. The van der Waals surface area contributed by atoms with Gasteiger partial charge < -0.3 is 20.0 Å². The lowest BCUT2D eigenvalue weighted by atomic mass is 9.94. The standard InChI is InChI=1S/C28H32F4N6O/c1-27(29)17-21(16-22(18-27)37-14-12-36(2)13-15-37)34-26-33-10-9-23(35-26)19-5-7-20(8-6-19)25(39)38-11-3-4-24(38)28(30,31)32/h5-10,16,18,24H,3-4,11-15,17H2,1-2H3,(H,33,34,35)/t24-,27?/m1/s1. The summed E-state index contributed by atoms with van der Waals surface area (Å²) < 4.78 is 55.1. The van der Waals surface area contributed by atoms with Crippen LogP contribution in [0.5, 0.6) is 0 Å². The number of alkyl halides is 4. The number of aromatic nitrogens is 2. The summed E-state index contributed by atoms with van der Waals surface area (Å²) in [5.41, 5.74) is 1.42. The van der Waals surface area contributed by atoms with Gasteiger partial charge in [-0.3, -0.25) is 4.79 Å². The van der Waals surface area contributed by atoms with Gasteiger partial charge >= 0.3 is 6.18 Å². The minimum Gasteiger partial charge on any atom is -0.369 e. The molecule has 1 amide bonds. The summed E-state index contributed by atoms with van der Waals surface area (Å²) >= 11 is 0. The van der Waals surface area contributed by atoms with Gasteiger partial charge in [-0.1, -0.05) is 12.1 Å². The van der Waals surface area contributed by atoms with Gasteiger partial charge in [-0.25, -0.2) is 14.4 Å². The Kier molecular flexibility index (Phi) is 7.37. The molecule has 3 heterocycles. The van der Waals surface area contributed by atoms with E-state index < -0.39 is 23.8 Å². The number of hydrogen-bond acceptors (Lipinski definition) is 6. The summed E-state index contributed by atoms with van der Waals surface area (Å²) in [6, 6.07) is 6.31. The molecule has 1 unspecified atom stereocenters. The van der Waals surface area contributed by atoms with E-state index in [0.29, 0.717) is 29.3 Å². The number of piperazine rings is 1. The molecular formula is C28H32F4N6O. The van der Waals surface area contributed by atoms with Crippen LogP contribution in [0.3, 0.4) is 0 Å². The maximum absolute atomic E-state index is 15.2. The minimum atomic E-state index is -4.44. The van der Waals surface area contributed by atoms with E-state index in [0.717, 1.165) is 36.8 Å². The van der Waals surface area contributed by atoms with Crippen molar-refractivity contribution in [2.75, 3.05) is 45.1 Å². The van der Waals surface area contributed by atoms with Crippen molar-refractivity contribution >= 4 is 11.9 Å². The van der Waals surface area contributed by atoms with Crippen LogP contribution in [0.2, 0.25) is 0 Å². The maximum Gasteiger partial charge on any atom is 0.408 e. The largest absolute Gasteiger partial charge is 0.408 e. The Labute approximate surface area is 225 Å². The molecular weight excluding hydrogens is 512 g/mol. The van der Waals surface area contributed by atoms with Crippen LogP contribution in [0.1, 0.15) is 36.5 Å². The lowest BCUT2D eigenvalue weighted by molar-refractivity contribution is -0.169. The van der Waals surface area contributed by atoms with E-state index in [9.17, 15) is 18.0 Å². The van der Waals surface area contributed by atoms with E-state index in [2.05, 4.69) is 32.1 Å². The average Bonchev–Trinajstić information content (AvgIpc) is 3.39. The van der Waals surface area contributed by atoms with E-state index in [1.54, 1.807) is 37.4 Å².